The van der Waals surface area contributed by atoms with Crippen molar-refractivity contribution in [2.45, 2.75) is 31.7 Å². The van der Waals surface area contributed by atoms with Crippen LogP contribution in [-0.4, -0.2) is 23.1 Å². The van der Waals surface area contributed by atoms with Crippen molar-refractivity contribution in [2.24, 2.45) is 0 Å². The summed E-state index contributed by atoms with van der Waals surface area (Å²) in [7, 11) is 1.69. The molecule has 0 bridgehead atoms. The van der Waals surface area contributed by atoms with E-state index in [-0.39, 0.29) is 0 Å². The smallest absolute Gasteiger partial charge is 0.145 e. The van der Waals surface area contributed by atoms with Crippen LogP contribution < -0.4 is 10.1 Å². The molecule has 0 spiro atoms. The third-order valence-electron chi connectivity index (χ3n) is 4.01. The van der Waals surface area contributed by atoms with E-state index in [1.807, 2.05) is 12.1 Å². The molecule has 1 atom stereocenters. The number of fused-ring (bicyclic) bond motifs is 1. The van der Waals surface area contributed by atoms with Gasteiger partial charge in [-0.15, -0.1) is 0 Å². The molecular weight excluding hydrogens is 276 g/mol. The van der Waals surface area contributed by atoms with Gasteiger partial charge < -0.3 is 10.1 Å². The first-order valence-corrected chi connectivity index (χ1v) is 7.43. The van der Waals surface area contributed by atoms with Gasteiger partial charge in [0.15, 0.2) is 0 Å². The molecule has 3 rings (SSSR count). The van der Waals surface area contributed by atoms with Crippen LogP contribution in [0.4, 0.5) is 5.82 Å². The lowest BCUT2D eigenvalue weighted by molar-refractivity contribution is 0.414. The van der Waals surface area contributed by atoms with Gasteiger partial charge >= 0.3 is 0 Å². The molecular formula is C17H18N4O. The minimum Gasteiger partial charge on any atom is -0.497 e. The summed E-state index contributed by atoms with van der Waals surface area (Å²) in [5.41, 5.74) is 3.10. The van der Waals surface area contributed by atoms with Crippen LogP contribution in [0, 0.1) is 11.3 Å². The summed E-state index contributed by atoms with van der Waals surface area (Å²) in [4.78, 5) is 8.10. The molecule has 112 valence electrons. The Bertz CT molecular complexity index is 708. The fraction of sp³-hybridized carbons (Fsp3) is 0.353. The highest BCUT2D eigenvalue weighted by Gasteiger charge is 2.17. The number of nitrogens with one attached hydrogen (secondary N) is 1. The number of nitriles is 1. The molecule has 1 aromatic heterocycles. The van der Waals surface area contributed by atoms with Gasteiger partial charge in [-0.2, -0.15) is 5.26 Å². The third-order valence-corrected chi connectivity index (χ3v) is 4.01. The number of hydrogen-bond donors (Lipinski definition) is 1. The molecule has 1 heterocycles. The average molecular weight is 294 g/mol. The van der Waals surface area contributed by atoms with E-state index in [1.54, 1.807) is 13.2 Å². The van der Waals surface area contributed by atoms with Crippen molar-refractivity contribution in [3.05, 3.63) is 47.4 Å². The van der Waals surface area contributed by atoms with E-state index in [1.165, 1.54) is 17.5 Å². The first-order valence-electron chi connectivity index (χ1n) is 7.43. The predicted molar refractivity (Wildman–Crippen MR) is 83.8 cm³/mol. The predicted octanol–water partition coefficient (Wildman–Crippen LogP) is 2.72. The number of rotatable bonds is 3. The van der Waals surface area contributed by atoms with E-state index < -0.39 is 0 Å². The fourth-order valence-corrected chi connectivity index (χ4v) is 2.90. The number of anilines is 1. The summed E-state index contributed by atoms with van der Waals surface area (Å²) in [5, 5.41) is 12.3. The second-order valence-electron chi connectivity index (χ2n) is 5.47. The Hall–Kier alpha value is -2.61. The summed E-state index contributed by atoms with van der Waals surface area (Å²) < 4.78 is 5.33. The van der Waals surface area contributed by atoms with Gasteiger partial charge in [-0.3, -0.25) is 0 Å². The van der Waals surface area contributed by atoms with Crippen LogP contribution in [-0.2, 0) is 12.8 Å². The van der Waals surface area contributed by atoms with E-state index in [9.17, 15) is 0 Å². The number of aromatic nitrogens is 2. The van der Waals surface area contributed by atoms with Gasteiger partial charge in [0.2, 0.25) is 0 Å². The van der Waals surface area contributed by atoms with Gasteiger partial charge in [-0.05, 0) is 48.9 Å². The second-order valence-corrected chi connectivity index (χ2v) is 5.47. The van der Waals surface area contributed by atoms with Crippen LogP contribution in [0.5, 0.6) is 5.75 Å². The van der Waals surface area contributed by atoms with Gasteiger partial charge in [0, 0.05) is 12.1 Å². The minimum atomic E-state index is 0.301. The molecule has 1 aliphatic rings. The summed E-state index contributed by atoms with van der Waals surface area (Å²) in [6.45, 7) is 0. The highest BCUT2D eigenvalue weighted by atomic mass is 16.5. The molecule has 0 aliphatic heterocycles. The van der Waals surface area contributed by atoms with Crippen molar-refractivity contribution in [1.82, 2.24) is 9.97 Å². The van der Waals surface area contributed by atoms with E-state index in [0.29, 0.717) is 17.6 Å². The normalized spacial score (nSPS) is 17.0. The van der Waals surface area contributed by atoms with Crippen molar-refractivity contribution in [1.29, 1.82) is 5.26 Å². The Morgan fingerprint density at radius 2 is 2.18 bits per heavy atom. The Labute approximate surface area is 130 Å². The van der Waals surface area contributed by atoms with Gasteiger partial charge in [-0.1, -0.05) is 6.07 Å². The largest absolute Gasteiger partial charge is 0.497 e. The number of ether oxygens (including phenoxy) is 1. The highest BCUT2D eigenvalue weighted by Crippen LogP contribution is 2.26. The lowest BCUT2D eigenvalue weighted by Gasteiger charge is -2.17. The number of benzene rings is 1. The first kappa shape index (κ1) is 14.3. The molecule has 22 heavy (non-hydrogen) atoms. The quantitative estimate of drug-likeness (QED) is 0.881. The first-order chi connectivity index (χ1) is 10.8. The van der Waals surface area contributed by atoms with Gasteiger partial charge in [-0.25, -0.2) is 9.97 Å². The molecule has 0 saturated heterocycles. The zero-order valence-electron chi connectivity index (χ0n) is 12.5. The number of nitrogens with zero attached hydrogens (tertiary/aromatic N) is 3. The van der Waals surface area contributed by atoms with E-state index in [2.05, 4.69) is 27.4 Å². The van der Waals surface area contributed by atoms with Gasteiger partial charge in [0.1, 0.15) is 29.7 Å². The topological polar surface area (TPSA) is 70.8 Å². The van der Waals surface area contributed by atoms with E-state index in [0.717, 1.165) is 31.4 Å². The summed E-state index contributed by atoms with van der Waals surface area (Å²) in [5.74, 6) is 1.61. The molecule has 1 aliphatic carbocycles. The van der Waals surface area contributed by atoms with Crippen molar-refractivity contribution in [2.75, 3.05) is 12.4 Å². The van der Waals surface area contributed by atoms with Crippen LogP contribution in [0.3, 0.4) is 0 Å². The maximum atomic E-state index is 8.92. The molecule has 1 N–H and O–H groups in total. The number of aryl methyl sites for hydroxylation is 1. The Morgan fingerprint density at radius 1 is 1.27 bits per heavy atom. The van der Waals surface area contributed by atoms with Gasteiger partial charge in [0.25, 0.3) is 0 Å². The fourth-order valence-electron chi connectivity index (χ4n) is 2.90. The van der Waals surface area contributed by atoms with Crippen LogP contribution in [0.15, 0.2) is 30.6 Å². The Kier molecular flexibility index (Phi) is 4.19. The van der Waals surface area contributed by atoms with Crippen molar-refractivity contribution < 1.29 is 4.74 Å². The van der Waals surface area contributed by atoms with Crippen LogP contribution in [0.1, 0.15) is 29.7 Å². The van der Waals surface area contributed by atoms with E-state index >= 15 is 0 Å². The summed E-state index contributed by atoms with van der Waals surface area (Å²) in [6.07, 6.45) is 5.65. The Balaban J connectivity index is 1.78. The lowest BCUT2D eigenvalue weighted by atomic mass is 10.0. The Morgan fingerprint density at radius 3 is 3.00 bits per heavy atom. The zero-order valence-corrected chi connectivity index (χ0v) is 12.5. The molecule has 0 saturated carbocycles. The van der Waals surface area contributed by atoms with Crippen LogP contribution in [0.2, 0.25) is 0 Å². The van der Waals surface area contributed by atoms with Crippen molar-refractivity contribution >= 4 is 5.82 Å². The summed E-state index contributed by atoms with van der Waals surface area (Å²) in [6, 6.07) is 10.3. The molecule has 0 fully saturated rings. The SMILES string of the molecule is COc1ccc2c(c1)CC(Nc1cc(C#N)ncn1)CCC2. The monoisotopic (exact) mass is 294 g/mol. The maximum Gasteiger partial charge on any atom is 0.145 e. The molecule has 1 aromatic carbocycles. The van der Waals surface area contributed by atoms with E-state index in [4.69, 9.17) is 10.00 Å². The summed E-state index contributed by atoms with van der Waals surface area (Å²) >= 11 is 0. The molecule has 5 heteroatoms. The van der Waals surface area contributed by atoms with Crippen molar-refractivity contribution in [3.8, 4) is 11.8 Å². The lowest BCUT2D eigenvalue weighted by Crippen LogP contribution is -2.22. The standard InChI is InChI=1S/C17H18N4O/c1-22-16-6-5-12-3-2-4-14(7-13(12)8-16)21-17-9-15(10-18)19-11-20-17/h5-6,8-9,11,14H,2-4,7H2,1H3,(H,19,20,21). The molecule has 0 amide bonds. The number of methoxy groups -OCH3 is 1. The van der Waals surface area contributed by atoms with Crippen LogP contribution in [0.25, 0.3) is 0 Å². The molecule has 0 radical (unpaired) electrons. The highest BCUT2D eigenvalue weighted by molar-refractivity contribution is 5.42. The van der Waals surface area contributed by atoms with Crippen LogP contribution >= 0.6 is 0 Å². The maximum absolute atomic E-state index is 8.92. The molecule has 1 unspecified atom stereocenters. The average Bonchev–Trinajstić information content (AvgIpc) is 2.75. The molecule has 5 nitrogen and oxygen atoms in total. The second kappa shape index (κ2) is 6.44. The number of hydrogen-bond acceptors (Lipinski definition) is 5. The third kappa shape index (κ3) is 3.17. The minimum absolute atomic E-state index is 0.301. The van der Waals surface area contributed by atoms with Gasteiger partial charge in [0.05, 0.1) is 7.11 Å². The zero-order chi connectivity index (χ0) is 15.4. The molecule has 2 aromatic rings. The van der Waals surface area contributed by atoms with Crippen molar-refractivity contribution in [3.63, 3.8) is 0 Å².